The van der Waals surface area contributed by atoms with Crippen LogP contribution in [-0.2, 0) is 24.1 Å². The molecule has 0 saturated carbocycles. The maximum Gasteiger partial charge on any atom is 0.303 e. The van der Waals surface area contributed by atoms with E-state index < -0.39 is 5.97 Å². The van der Waals surface area contributed by atoms with Crippen LogP contribution in [0.15, 0.2) is 48.5 Å². The molecule has 1 aliphatic rings. The molecular weight excluding hydrogens is 366 g/mol. The molecule has 0 unspecified atom stereocenters. The van der Waals surface area contributed by atoms with Crippen LogP contribution in [0.5, 0.6) is 0 Å². The van der Waals surface area contributed by atoms with E-state index in [9.17, 15) is 9.59 Å². The van der Waals surface area contributed by atoms with Gasteiger partial charge in [0.2, 0.25) is 0 Å². The third-order valence-corrected chi connectivity index (χ3v) is 5.33. The van der Waals surface area contributed by atoms with E-state index in [0.29, 0.717) is 17.8 Å². The first-order valence-corrected chi connectivity index (χ1v) is 9.82. The van der Waals surface area contributed by atoms with Crippen molar-refractivity contribution in [2.45, 2.75) is 39.0 Å². The van der Waals surface area contributed by atoms with Gasteiger partial charge >= 0.3 is 5.97 Å². The summed E-state index contributed by atoms with van der Waals surface area (Å²) in [6.45, 7) is 2.05. The van der Waals surface area contributed by atoms with Gasteiger partial charge in [-0.2, -0.15) is 5.10 Å². The van der Waals surface area contributed by atoms with Gasteiger partial charge in [0, 0.05) is 23.4 Å². The molecule has 1 aliphatic carbocycles. The number of amides is 1. The van der Waals surface area contributed by atoms with Crippen molar-refractivity contribution in [2.75, 3.05) is 5.32 Å². The molecule has 0 bridgehead atoms. The summed E-state index contributed by atoms with van der Waals surface area (Å²) in [5, 5.41) is 16.4. The van der Waals surface area contributed by atoms with Crippen LogP contribution in [-0.4, -0.2) is 26.8 Å². The van der Waals surface area contributed by atoms with E-state index in [1.165, 1.54) is 0 Å². The molecule has 0 radical (unpaired) electrons. The lowest BCUT2D eigenvalue weighted by Crippen LogP contribution is -2.15. The van der Waals surface area contributed by atoms with Gasteiger partial charge in [0.25, 0.3) is 5.91 Å². The number of aryl methyl sites for hydroxylation is 2. The van der Waals surface area contributed by atoms with Crippen LogP contribution < -0.4 is 5.32 Å². The first-order valence-electron chi connectivity index (χ1n) is 9.82. The van der Waals surface area contributed by atoms with E-state index in [1.807, 2.05) is 48.0 Å². The number of nitrogens with one attached hydrogen (secondary N) is 1. The lowest BCUT2D eigenvalue weighted by molar-refractivity contribution is -0.136. The Bertz CT molecular complexity index is 1070. The molecule has 6 nitrogen and oxygen atoms in total. The maximum absolute atomic E-state index is 12.9. The van der Waals surface area contributed by atoms with Gasteiger partial charge < -0.3 is 10.4 Å². The number of benzene rings is 2. The fraction of sp³-hybridized carbons (Fsp3) is 0.261. The van der Waals surface area contributed by atoms with Crippen LogP contribution in [0.3, 0.4) is 0 Å². The fourth-order valence-corrected chi connectivity index (χ4v) is 3.82. The van der Waals surface area contributed by atoms with Gasteiger partial charge in [0.05, 0.1) is 5.69 Å². The minimum Gasteiger partial charge on any atom is -0.481 e. The molecule has 29 heavy (non-hydrogen) atoms. The van der Waals surface area contributed by atoms with E-state index in [0.717, 1.165) is 47.3 Å². The number of hydrogen-bond acceptors (Lipinski definition) is 3. The molecule has 2 N–H and O–H groups in total. The number of para-hydroxylation sites is 1. The van der Waals surface area contributed by atoms with Crippen LogP contribution in [0, 0.1) is 6.92 Å². The van der Waals surface area contributed by atoms with Gasteiger partial charge in [-0.3, -0.25) is 9.59 Å². The number of carboxylic acids is 1. The molecule has 1 amide bonds. The second-order valence-corrected chi connectivity index (χ2v) is 7.37. The van der Waals surface area contributed by atoms with Crippen molar-refractivity contribution < 1.29 is 14.7 Å². The molecule has 1 aromatic heterocycles. The van der Waals surface area contributed by atoms with E-state index in [4.69, 9.17) is 5.11 Å². The molecular formula is C23H23N3O3. The zero-order valence-corrected chi connectivity index (χ0v) is 16.3. The standard InChI is InChI=1S/C23H23N3O3/c1-15-5-2-3-7-19(15)26-20-8-4-6-18(20)22(25-26)23(29)24-17-12-9-16(10-13-17)11-14-21(27)28/h2-3,5,7,9-10,12-13H,4,6,8,11,14H2,1H3,(H,24,29)(H,27,28). The van der Waals surface area contributed by atoms with Crippen LogP contribution in [0.1, 0.15) is 45.7 Å². The number of nitrogens with zero attached hydrogens (tertiary/aromatic N) is 2. The summed E-state index contributed by atoms with van der Waals surface area (Å²) in [5.74, 6) is -1.03. The Labute approximate surface area is 169 Å². The van der Waals surface area contributed by atoms with E-state index in [2.05, 4.69) is 10.4 Å². The second kappa shape index (κ2) is 7.91. The predicted octanol–water partition coefficient (Wildman–Crippen LogP) is 3.94. The monoisotopic (exact) mass is 389 g/mol. The van der Waals surface area contributed by atoms with Crippen molar-refractivity contribution in [1.82, 2.24) is 9.78 Å². The Kier molecular flexibility index (Phi) is 5.16. The SMILES string of the molecule is Cc1ccccc1-n1nc(C(=O)Nc2ccc(CCC(=O)O)cc2)c2c1CCC2. The van der Waals surface area contributed by atoms with E-state index in [-0.39, 0.29) is 12.3 Å². The van der Waals surface area contributed by atoms with Gasteiger partial charge in [0.15, 0.2) is 5.69 Å². The van der Waals surface area contributed by atoms with Crippen LogP contribution >= 0.6 is 0 Å². The van der Waals surface area contributed by atoms with Gasteiger partial charge in [-0.1, -0.05) is 30.3 Å². The lowest BCUT2D eigenvalue weighted by atomic mass is 10.1. The lowest BCUT2D eigenvalue weighted by Gasteiger charge is -2.08. The van der Waals surface area contributed by atoms with Crippen LogP contribution in [0.4, 0.5) is 5.69 Å². The summed E-state index contributed by atoms with van der Waals surface area (Å²) in [4.78, 5) is 23.6. The molecule has 1 heterocycles. The number of aromatic nitrogens is 2. The fourth-order valence-electron chi connectivity index (χ4n) is 3.82. The van der Waals surface area contributed by atoms with E-state index >= 15 is 0 Å². The molecule has 0 spiro atoms. The topological polar surface area (TPSA) is 84.2 Å². The largest absolute Gasteiger partial charge is 0.481 e. The number of carbonyl (C=O) groups is 2. The zero-order valence-electron chi connectivity index (χ0n) is 16.3. The Morgan fingerprint density at radius 2 is 1.86 bits per heavy atom. The third kappa shape index (κ3) is 3.92. The first kappa shape index (κ1) is 18.9. The highest BCUT2D eigenvalue weighted by Gasteiger charge is 2.27. The summed E-state index contributed by atoms with van der Waals surface area (Å²) in [6, 6.07) is 15.3. The highest BCUT2D eigenvalue weighted by atomic mass is 16.4. The summed E-state index contributed by atoms with van der Waals surface area (Å²) in [6.07, 6.45) is 3.37. The highest BCUT2D eigenvalue weighted by Crippen LogP contribution is 2.29. The number of aliphatic carboxylic acids is 1. The van der Waals surface area contributed by atoms with E-state index in [1.54, 1.807) is 12.1 Å². The highest BCUT2D eigenvalue weighted by molar-refractivity contribution is 6.04. The predicted molar refractivity (Wildman–Crippen MR) is 111 cm³/mol. The molecule has 148 valence electrons. The first-order chi connectivity index (χ1) is 14.0. The average molecular weight is 389 g/mol. The van der Waals surface area contributed by atoms with Crippen molar-refractivity contribution in [2.24, 2.45) is 0 Å². The molecule has 0 aliphatic heterocycles. The summed E-state index contributed by atoms with van der Waals surface area (Å²) in [7, 11) is 0. The molecule has 0 fully saturated rings. The summed E-state index contributed by atoms with van der Waals surface area (Å²) < 4.78 is 1.92. The Balaban J connectivity index is 1.56. The van der Waals surface area contributed by atoms with Gasteiger partial charge in [0.1, 0.15) is 0 Å². The zero-order chi connectivity index (χ0) is 20.4. The van der Waals surface area contributed by atoms with Crippen LogP contribution in [0.25, 0.3) is 5.69 Å². The number of hydrogen-bond donors (Lipinski definition) is 2. The van der Waals surface area contributed by atoms with Crippen molar-refractivity contribution in [1.29, 1.82) is 0 Å². The smallest absolute Gasteiger partial charge is 0.303 e. The Hall–Kier alpha value is -3.41. The molecule has 4 rings (SSSR count). The number of anilines is 1. The quantitative estimate of drug-likeness (QED) is 0.669. The van der Waals surface area contributed by atoms with Crippen molar-refractivity contribution in [3.05, 3.63) is 76.6 Å². The molecule has 3 aromatic rings. The minimum atomic E-state index is -0.819. The number of carboxylic acid groups (broad SMARTS) is 1. The second-order valence-electron chi connectivity index (χ2n) is 7.37. The number of fused-ring (bicyclic) bond motifs is 1. The normalized spacial score (nSPS) is 12.6. The van der Waals surface area contributed by atoms with Crippen molar-refractivity contribution in [3.63, 3.8) is 0 Å². The van der Waals surface area contributed by atoms with Crippen molar-refractivity contribution in [3.8, 4) is 5.69 Å². The maximum atomic E-state index is 12.9. The molecule has 0 atom stereocenters. The van der Waals surface area contributed by atoms with Gasteiger partial charge in [-0.05, 0) is 61.9 Å². The number of carbonyl (C=O) groups excluding carboxylic acids is 1. The van der Waals surface area contributed by atoms with Gasteiger partial charge in [-0.25, -0.2) is 4.68 Å². The van der Waals surface area contributed by atoms with Gasteiger partial charge in [-0.15, -0.1) is 0 Å². The summed E-state index contributed by atoms with van der Waals surface area (Å²) in [5.41, 5.74) is 6.36. The third-order valence-electron chi connectivity index (χ3n) is 5.33. The average Bonchev–Trinajstić information content (AvgIpc) is 3.31. The Morgan fingerprint density at radius 3 is 2.59 bits per heavy atom. The minimum absolute atomic E-state index is 0.0914. The summed E-state index contributed by atoms with van der Waals surface area (Å²) >= 11 is 0. The molecule has 2 aromatic carbocycles. The molecule has 6 heteroatoms. The number of rotatable bonds is 6. The van der Waals surface area contributed by atoms with Crippen molar-refractivity contribution >= 4 is 17.6 Å². The molecule has 0 saturated heterocycles. The van der Waals surface area contributed by atoms with Crippen LogP contribution in [0.2, 0.25) is 0 Å². The Morgan fingerprint density at radius 1 is 1.10 bits per heavy atom.